The van der Waals surface area contributed by atoms with E-state index in [1.165, 1.54) is 0 Å². The van der Waals surface area contributed by atoms with Gasteiger partial charge in [0, 0.05) is 30.0 Å². The first-order chi connectivity index (χ1) is 20.6. The summed E-state index contributed by atoms with van der Waals surface area (Å²) in [6.07, 6.45) is 0.554. The highest BCUT2D eigenvalue weighted by molar-refractivity contribution is 6.02. The van der Waals surface area contributed by atoms with Crippen molar-refractivity contribution in [1.29, 1.82) is 0 Å². The Hall–Kier alpha value is -5.30. The molecule has 0 radical (unpaired) electrons. The monoisotopic (exact) mass is 559 g/mol. The first-order valence-corrected chi connectivity index (χ1v) is 14.0. The summed E-state index contributed by atoms with van der Waals surface area (Å²) in [6, 6.07) is 37.5. The van der Waals surface area contributed by atoms with Crippen molar-refractivity contribution in [2.45, 2.75) is 13.3 Å². The molecule has 42 heavy (non-hydrogen) atoms. The Morgan fingerprint density at radius 3 is 2.12 bits per heavy atom. The molecule has 0 heterocycles. The molecule has 212 valence electrons. The van der Waals surface area contributed by atoms with Crippen LogP contribution < -0.4 is 25.0 Å². The van der Waals surface area contributed by atoms with Crippen molar-refractivity contribution in [2.75, 3.05) is 29.9 Å². The zero-order valence-corrected chi connectivity index (χ0v) is 23.5. The van der Waals surface area contributed by atoms with Crippen molar-refractivity contribution in [3.05, 3.63) is 127 Å². The van der Waals surface area contributed by atoms with Crippen LogP contribution in [0.3, 0.4) is 0 Å². The summed E-state index contributed by atoms with van der Waals surface area (Å²) in [6.45, 7) is 3.29. The average molecular weight is 560 g/mol. The van der Waals surface area contributed by atoms with E-state index in [-0.39, 0.29) is 11.9 Å². The number of anilines is 2. The Bertz CT molecular complexity index is 1620. The maximum absolute atomic E-state index is 13.4. The second-order valence-electron chi connectivity index (χ2n) is 9.62. The van der Waals surface area contributed by atoms with Crippen LogP contribution in [0.2, 0.25) is 0 Å². The first-order valence-electron chi connectivity index (χ1n) is 14.0. The zero-order valence-electron chi connectivity index (χ0n) is 23.5. The number of urea groups is 1. The number of fused-ring (bicyclic) bond motifs is 1. The maximum atomic E-state index is 13.4. The molecule has 0 unspecified atom stereocenters. The molecule has 0 aliphatic carbocycles. The van der Waals surface area contributed by atoms with Gasteiger partial charge in [-0.25, -0.2) is 4.79 Å². The fraction of sp³-hybridized carbons (Fsp3) is 0.143. The van der Waals surface area contributed by atoms with Crippen LogP contribution in [0.25, 0.3) is 10.8 Å². The molecule has 0 fully saturated rings. The van der Waals surface area contributed by atoms with Crippen LogP contribution >= 0.6 is 0 Å². The second-order valence-corrected chi connectivity index (χ2v) is 9.62. The lowest BCUT2D eigenvalue weighted by atomic mass is 10.1. The summed E-state index contributed by atoms with van der Waals surface area (Å²) in [7, 11) is 0. The van der Waals surface area contributed by atoms with E-state index in [1.807, 2.05) is 128 Å². The molecule has 0 aromatic heterocycles. The number of benzene rings is 5. The molecule has 0 bridgehead atoms. The molecular weight excluding hydrogens is 526 g/mol. The van der Waals surface area contributed by atoms with Gasteiger partial charge in [-0.2, -0.15) is 0 Å². The number of carbonyl (C=O) groups excluding carboxylic acids is 2. The molecule has 0 saturated heterocycles. The smallest absolute Gasteiger partial charge is 0.326 e. The van der Waals surface area contributed by atoms with Crippen LogP contribution in [0.15, 0.2) is 121 Å². The number of rotatable bonds is 11. The van der Waals surface area contributed by atoms with Crippen molar-refractivity contribution in [3.63, 3.8) is 0 Å². The van der Waals surface area contributed by atoms with Crippen LogP contribution in [0.1, 0.15) is 23.7 Å². The molecule has 0 saturated carbocycles. The standard InChI is InChI=1S/C35H33N3O4/c1-2-41-31-19-15-29(16-20-31)37-35(40)38(30-17-21-33(22-18-30)42-32-11-4-3-5-12-32)24-8-23-36-34(39)28-14-13-26-9-6-7-10-27(26)25-28/h3-7,9-22,25H,2,8,23-24H2,1H3,(H,36,39)(H,37,40). The number of nitrogens with zero attached hydrogens (tertiary/aromatic N) is 1. The van der Waals surface area contributed by atoms with Gasteiger partial charge in [0.15, 0.2) is 0 Å². The zero-order chi connectivity index (χ0) is 29.1. The van der Waals surface area contributed by atoms with Crippen LogP contribution in [0.5, 0.6) is 17.2 Å². The van der Waals surface area contributed by atoms with Gasteiger partial charge >= 0.3 is 6.03 Å². The number of para-hydroxylation sites is 1. The van der Waals surface area contributed by atoms with Crippen molar-refractivity contribution < 1.29 is 19.1 Å². The van der Waals surface area contributed by atoms with E-state index in [4.69, 9.17) is 9.47 Å². The lowest BCUT2D eigenvalue weighted by molar-refractivity contribution is 0.0953. The van der Waals surface area contributed by atoms with Gasteiger partial charge in [-0.05, 0) is 96.9 Å². The number of carbonyl (C=O) groups is 2. The number of hydrogen-bond donors (Lipinski definition) is 2. The van der Waals surface area contributed by atoms with Crippen LogP contribution in [-0.2, 0) is 0 Å². The van der Waals surface area contributed by atoms with Crippen molar-refractivity contribution >= 4 is 34.1 Å². The minimum atomic E-state index is -0.281. The Morgan fingerprint density at radius 1 is 0.714 bits per heavy atom. The maximum Gasteiger partial charge on any atom is 0.326 e. The molecule has 7 nitrogen and oxygen atoms in total. The normalized spacial score (nSPS) is 10.6. The van der Waals surface area contributed by atoms with Crippen molar-refractivity contribution in [1.82, 2.24) is 5.32 Å². The predicted molar refractivity (Wildman–Crippen MR) is 168 cm³/mol. The summed E-state index contributed by atoms with van der Waals surface area (Å²) in [5.41, 5.74) is 1.97. The Morgan fingerprint density at radius 2 is 1.38 bits per heavy atom. The third kappa shape index (κ3) is 7.46. The minimum absolute atomic E-state index is 0.145. The molecule has 0 spiro atoms. The molecule has 2 N–H and O–H groups in total. The van der Waals surface area contributed by atoms with Gasteiger partial charge in [-0.1, -0.05) is 48.5 Å². The summed E-state index contributed by atoms with van der Waals surface area (Å²) in [5, 5.41) is 8.05. The van der Waals surface area contributed by atoms with Gasteiger partial charge in [0.1, 0.15) is 17.2 Å². The largest absolute Gasteiger partial charge is 0.494 e. The number of hydrogen-bond acceptors (Lipinski definition) is 4. The fourth-order valence-corrected chi connectivity index (χ4v) is 4.53. The third-order valence-electron chi connectivity index (χ3n) is 6.64. The topological polar surface area (TPSA) is 79.9 Å². The SMILES string of the molecule is CCOc1ccc(NC(=O)N(CCCNC(=O)c2ccc3ccccc3c2)c2ccc(Oc3ccccc3)cc2)cc1. The summed E-state index contributed by atoms with van der Waals surface area (Å²) >= 11 is 0. The van der Waals surface area contributed by atoms with Gasteiger partial charge in [-0.15, -0.1) is 0 Å². The first kappa shape index (κ1) is 28.2. The van der Waals surface area contributed by atoms with Gasteiger partial charge < -0.3 is 20.1 Å². The van der Waals surface area contributed by atoms with Crippen molar-refractivity contribution in [3.8, 4) is 17.2 Å². The summed E-state index contributed by atoms with van der Waals surface area (Å²) < 4.78 is 11.4. The highest BCUT2D eigenvalue weighted by Crippen LogP contribution is 2.25. The van der Waals surface area contributed by atoms with E-state index in [0.29, 0.717) is 48.8 Å². The van der Waals surface area contributed by atoms with E-state index in [0.717, 1.165) is 22.3 Å². The molecular formula is C35H33N3O4. The van der Waals surface area contributed by atoms with Crippen LogP contribution in [-0.4, -0.2) is 31.6 Å². The minimum Gasteiger partial charge on any atom is -0.494 e. The lowest BCUT2D eigenvalue weighted by Crippen LogP contribution is -2.37. The predicted octanol–water partition coefficient (Wildman–Crippen LogP) is 7.89. The Balaban J connectivity index is 1.24. The van der Waals surface area contributed by atoms with Gasteiger partial charge in [0.05, 0.1) is 6.61 Å². The molecule has 5 aromatic carbocycles. The Kier molecular flexibility index (Phi) is 9.31. The molecule has 0 atom stereocenters. The highest BCUT2D eigenvalue weighted by atomic mass is 16.5. The molecule has 5 aromatic rings. The van der Waals surface area contributed by atoms with E-state index in [2.05, 4.69) is 10.6 Å². The van der Waals surface area contributed by atoms with E-state index in [1.54, 1.807) is 4.90 Å². The van der Waals surface area contributed by atoms with Crippen LogP contribution in [0.4, 0.5) is 16.2 Å². The number of ether oxygens (including phenoxy) is 2. The van der Waals surface area contributed by atoms with Crippen molar-refractivity contribution in [2.24, 2.45) is 0 Å². The Labute approximate surface area is 245 Å². The highest BCUT2D eigenvalue weighted by Gasteiger charge is 2.17. The molecule has 5 rings (SSSR count). The average Bonchev–Trinajstić information content (AvgIpc) is 3.03. The van der Waals surface area contributed by atoms with Gasteiger partial charge in [0.25, 0.3) is 5.91 Å². The summed E-state index contributed by atoms with van der Waals surface area (Å²) in [5.74, 6) is 1.99. The van der Waals surface area contributed by atoms with Gasteiger partial charge in [-0.3, -0.25) is 9.69 Å². The molecule has 7 heteroatoms. The third-order valence-corrected chi connectivity index (χ3v) is 6.64. The second kappa shape index (κ2) is 13.9. The summed E-state index contributed by atoms with van der Waals surface area (Å²) in [4.78, 5) is 27.9. The van der Waals surface area contributed by atoms with Crippen LogP contribution in [0, 0.1) is 0 Å². The molecule has 3 amide bonds. The number of amides is 3. The van der Waals surface area contributed by atoms with E-state index >= 15 is 0 Å². The fourth-order valence-electron chi connectivity index (χ4n) is 4.53. The van der Waals surface area contributed by atoms with E-state index < -0.39 is 0 Å². The number of nitrogens with one attached hydrogen (secondary N) is 2. The lowest BCUT2D eigenvalue weighted by Gasteiger charge is -2.24. The van der Waals surface area contributed by atoms with Gasteiger partial charge in [0.2, 0.25) is 0 Å². The molecule has 0 aliphatic heterocycles. The molecule has 0 aliphatic rings. The quantitative estimate of drug-likeness (QED) is 0.161. The van der Waals surface area contributed by atoms with E-state index in [9.17, 15) is 9.59 Å².